The summed E-state index contributed by atoms with van der Waals surface area (Å²) in [7, 11) is 0. The molecule has 0 radical (unpaired) electrons. The molecule has 1 atom stereocenters. The predicted octanol–water partition coefficient (Wildman–Crippen LogP) is 3.01. The highest BCUT2D eigenvalue weighted by atomic mass is 32.2. The summed E-state index contributed by atoms with van der Waals surface area (Å²) in [4.78, 5) is 4.81. The molecule has 1 saturated heterocycles. The van der Waals surface area contributed by atoms with Crippen molar-refractivity contribution in [1.82, 2.24) is 4.98 Å². The average Bonchev–Trinajstić information content (AvgIpc) is 2.98. The number of nitrogens with zero attached hydrogens (tertiary/aromatic N) is 1. The third-order valence-corrected chi connectivity index (χ3v) is 4.77. The Balaban J connectivity index is 1.84. The maximum atomic E-state index is 5.73. The van der Waals surface area contributed by atoms with Gasteiger partial charge in [0.1, 0.15) is 5.03 Å². The van der Waals surface area contributed by atoms with E-state index in [0.717, 1.165) is 29.3 Å². The molecule has 20 heavy (non-hydrogen) atoms. The van der Waals surface area contributed by atoms with Crippen LogP contribution in [0.5, 0.6) is 0 Å². The maximum Gasteiger partial charge on any atom is 0.100 e. The van der Waals surface area contributed by atoms with E-state index in [9.17, 15) is 0 Å². The first-order valence-electron chi connectivity index (χ1n) is 7.20. The molecule has 106 valence electrons. The molecule has 0 amide bonds. The SMILES string of the molecule is NCCc1cc2ccccc2nc1SCC1CCCO1. The number of hydrogen-bond donors (Lipinski definition) is 1. The highest BCUT2D eigenvalue weighted by molar-refractivity contribution is 7.99. The second kappa shape index (κ2) is 6.57. The molecule has 1 aromatic carbocycles. The van der Waals surface area contributed by atoms with Gasteiger partial charge in [-0.25, -0.2) is 4.98 Å². The number of ether oxygens (including phenoxy) is 1. The summed E-state index contributed by atoms with van der Waals surface area (Å²) in [6, 6.07) is 10.5. The van der Waals surface area contributed by atoms with E-state index in [2.05, 4.69) is 24.3 Å². The third-order valence-electron chi connectivity index (χ3n) is 3.61. The highest BCUT2D eigenvalue weighted by Crippen LogP contribution is 2.28. The summed E-state index contributed by atoms with van der Waals surface area (Å²) in [5, 5.41) is 2.31. The lowest BCUT2D eigenvalue weighted by Crippen LogP contribution is -2.09. The van der Waals surface area contributed by atoms with Crippen LogP contribution in [0.4, 0.5) is 0 Å². The van der Waals surface area contributed by atoms with Crippen LogP contribution >= 0.6 is 11.8 Å². The van der Waals surface area contributed by atoms with Gasteiger partial charge < -0.3 is 10.5 Å². The average molecular weight is 288 g/mol. The fourth-order valence-electron chi connectivity index (χ4n) is 2.55. The molecule has 1 unspecified atom stereocenters. The largest absolute Gasteiger partial charge is 0.377 e. The van der Waals surface area contributed by atoms with E-state index >= 15 is 0 Å². The zero-order valence-corrected chi connectivity index (χ0v) is 12.4. The number of rotatable bonds is 5. The van der Waals surface area contributed by atoms with Crippen molar-refractivity contribution in [2.75, 3.05) is 18.9 Å². The van der Waals surface area contributed by atoms with Gasteiger partial charge in [-0.15, -0.1) is 11.8 Å². The molecule has 0 bridgehead atoms. The van der Waals surface area contributed by atoms with Crippen molar-refractivity contribution in [3.05, 3.63) is 35.9 Å². The second-order valence-electron chi connectivity index (χ2n) is 5.13. The standard InChI is InChI=1S/C16H20N2OS/c17-8-7-13-10-12-4-1-2-6-15(12)18-16(13)20-11-14-5-3-9-19-14/h1-2,4,6,10,14H,3,5,7-9,11,17H2. The van der Waals surface area contributed by atoms with E-state index in [4.69, 9.17) is 15.5 Å². The minimum atomic E-state index is 0.388. The second-order valence-corrected chi connectivity index (χ2v) is 6.14. The number of pyridine rings is 1. The van der Waals surface area contributed by atoms with Crippen molar-refractivity contribution in [1.29, 1.82) is 0 Å². The van der Waals surface area contributed by atoms with Crippen molar-refractivity contribution in [2.45, 2.75) is 30.4 Å². The Hall–Kier alpha value is -1.10. The van der Waals surface area contributed by atoms with Gasteiger partial charge in [-0.2, -0.15) is 0 Å². The first-order chi connectivity index (χ1) is 9.86. The summed E-state index contributed by atoms with van der Waals surface area (Å²) < 4.78 is 5.69. The number of fused-ring (bicyclic) bond motifs is 1. The van der Waals surface area contributed by atoms with Crippen LogP contribution in [0.15, 0.2) is 35.4 Å². The smallest absolute Gasteiger partial charge is 0.100 e. The molecule has 3 rings (SSSR count). The first-order valence-corrected chi connectivity index (χ1v) is 8.18. The molecule has 0 aliphatic carbocycles. The van der Waals surface area contributed by atoms with Gasteiger partial charge in [0.25, 0.3) is 0 Å². The van der Waals surface area contributed by atoms with E-state index in [0.29, 0.717) is 12.6 Å². The van der Waals surface area contributed by atoms with Crippen molar-refractivity contribution in [3.8, 4) is 0 Å². The van der Waals surface area contributed by atoms with Gasteiger partial charge in [-0.1, -0.05) is 18.2 Å². The Bertz CT molecular complexity index is 582. The van der Waals surface area contributed by atoms with Gasteiger partial charge >= 0.3 is 0 Å². The van der Waals surface area contributed by atoms with Gasteiger partial charge in [-0.3, -0.25) is 0 Å². The number of nitrogens with two attached hydrogens (primary N) is 1. The zero-order chi connectivity index (χ0) is 13.8. The van der Waals surface area contributed by atoms with E-state index in [1.807, 2.05) is 17.8 Å². The van der Waals surface area contributed by atoms with E-state index in [1.165, 1.54) is 23.8 Å². The normalized spacial score (nSPS) is 18.8. The predicted molar refractivity (Wildman–Crippen MR) is 84.2 cm³/mol. The molecular weight excluding hydrogens is 268 g/mol. The molecule has 4 heteroatoms. The number of thioether (sulfide) groups is 1. The molecule has 1 fully saturated rings. The summed E-state index contributed by atoms with van der Waals surface area (Å²) in [5.41, 5.74) is 8.05. The van der Waals surface area contributed by atoms with Crippen LogP contribution in [0.1, 0.15) is 18.4 Å². The lowest BCUT2D eigenvalue weighted by molar-refractivity contribution is 0.129. The van der Waals surface area contributed by atoms with Crippen LogP contribution in [-0.2, 0) is 11.2 Å². The molecule has 0 spiro atoms. The van der Waals surface area contributed by atoms with Crippen LogP contribution in [0.3, 0.4) is 0 Å². The molecule has 1 aliphatic rings. The Labute approximate surface area is 123 Å². The van der Waals surface area contributed by atoms with Crippen molar-refractivity contribution >= 4 is 22.7 Å². The number of hydrogen-bond acceptors (Lipinski definition) is 4. The van der Waals surface area contributed by atoms with Crippen molar-refractivity contribution in [3.63, 3.8) is 0 Å². The molecule has 1 aliphatic heterocycles. The third kappa shape index (κ3) is 3.14. The van der Waals surface area contributed by atoms with Crippen molar-refractivity contribution in [2.24, 2.45) is 5.73 Å². The van der Waals surface area contributed by atoms with Gasteiger partial charge in [-0.05, 0) is 43.5 Å². The lowest BCUT2D eigenvalue weighted by atomic mass is 10.1. The molecule has 0 saturated carbocycles. The molecule has 2 aromatic rings. The molecule has 1 aromatic heterocycles. The quantitative estimate of drug-likeness (QED) is 0.859. The van der Waals surface area contributed by atoms with Crippen LogP contribution in [0, 0.1) is 0 Å². The number of para-hydroxylation sites is 1. The Morgan fingerprint density at radius 2 is 2.25 bits per heavy atom. The number of aromatic nitrogens is 1. The van der Waals surface area contributed by atoms with E-state index < -0.39 is 0 Å². The summed E-state index contributed by atoms with van der Waals surface area (Å²) in [5.74, 6) is 0.989. The van der Waals surface area contributed by atoms with Gasteiger partial charge in [0.15, 0.2) is 0 Å². The topological polar surface area (TPSA) is 48.1 Å². The maximum absolute atomic E-state index is 5.73. The van der Waals surface area contributed by atoms with Gasteiger partial charge in [0.05, 0.1) is 11.6 Å². The Kier molecular flexibility index (Phi) is 4.55. The lowest BCUT2D eigenvalue weighted by Gasteiger charge is -2.12. The zero-order valence-electron chi connectivity index (χ0n) is 11.5. The Morgan fingerprint density at radius 1 is 1.35 bits per heavy atom. The Morgan fingerprint density at radius 3 is 3.05 bits per heavy atom. The van der Waals surface area contributed by atoms with Crippen LogP contribution in [0.25, 0.3) is 10.9 Å². The first kappa shape index (κ1) is 13.9. The van der Waals surface area contributed by atoms with Crippen molar-refractivity contribution < 1.29 is 4.74 Å². The minimum absolute atomic E-state index is 0.388. The fraction of sp³-hybridized carbons (Fsp3) is 0.438. The van der Waals surface area contributed by atoms with E-state index in [1.54, 1.807) is 0 Å². The summed E-state index contributed by atoms with van der Waals surface area (Å²) in [6.07, 6.45) is 3.63. The van der Waals surface area contributed by atoms with Gasteiger partial charge in [0, 0.05) is 17.7 Å². The number of benzene rings is 1. The molecular formula is C16H20N2OS. The monoisotopic (exact) mass is 288 g/mol. The fourth-order valence-corrected chi connectivity index (χ4v) is 3.67. The van der Waals surface area contributed by atoms with E-state index in [-0.39, 0.29) is 0 Å². The molecule has 3 nitrogen and oxygen atoms in total. The van der Waals surface area contributed by atoms with Crippen LogP contribution in [0.2, 0.25) is 0 Å². The van der Waals surface area contributed by atoms with Crippen LogP contribution < -0.4 is 5.73 Å². The highest BCUT2D eigenvalue weighted by Gasteiger charge is 2.17. The molecule has 2 N–H and O–H groups in total. The summed E-state index contributed by atoms with van der Waals surface area (Å²) in [6.45, 7) is 1.57. The minimum Gasteiger partial charge on any atom is -0.377 e. The van der Waals surface area contributed by atoms with Gasteiger partial charge in [0.2, 0.25) is 0 Å². The summed E-state index contributed by atoms with van der Waals surface area (Å²) >= 11 is 1.81. The van der Waals surface area contributed by atoms with Crippen LogP contribution in [-0.4, -0.2) is 30.0 Å². The molecule has 2 heterocycles.